The van der Waals surface area contributed by atoms with Crippen molar-refractivity contribution in [1.82, 2.24) is 4.98 Å². The zero-order valence-electron chi connectivity index (χ0n) is 13.2. The number of hydrogen-bond acceptors (Lipinski definition) is 2. The van der Waals surface area contributed by atoms with Crippen LogP contribution in [0.4, 0.5) is 5.69 Å². The molecule has 2 nitrogen and oxygen atoms in total. The van der Waals surface area contributed by atoms with E-state index in [0.717, 1.165) is 11.4 Å². The van der Waals surface area contributed by atoms with E-state index in [2.05, 4.69) is 55.3 Å². The first-order valence-corrected chi connectivity index (χ1v) is 8.10. The third kappa shape index (κ3) is 1.88. The van der Waals surface area contributed by atoms with Gasteiger partial charge < -0.3 is 5.32 Å². The van der Waals surface area contributed by atoms with Gasteiger partial charge in [-0.2, -0.15) is 0 Å². The highest BCUT2D eigenvalue weighted by Crippen LogP contribution is 2.63. The van der Waals surface area contributed by atoms with Crippen LogP contribution in [-0.2, 0) is 0 Å². The second kappa shape index (κ2) is 4.22. The van der Waals surface area contributed by atoms with E-state index in [1.54, 1.807) is 0 Å². The van der Waals surface area contributed by atoms with Crippen LogP contribution in [0.15, 0.2) is 36.5 Å². The zero-order valence-corrected chi connectivity index (χ0v) is 13.2. The Morgan fingerprint density at radius 1 is 1.19 bits per heavy atom. The summed E-state index contributed by atoms with van der Waals surface area (Å²) in [6.07, 6.45) is 6.01. The first kappa shape index (κ1) is 13.1. The van der Waals surface area contributed by atoms with Crippen LogP contribution in [0.5, 0.6) is 0 Å². The van der Waals surface area contributed by atoms with E-state index in [4.69, 9.17) is 0 Å². The average Bonchev–Trinajstić information content (AvgIpc) is 2.95. The Morgan fingerprint density at radius 3 is 2.81 bits per heavy atom. The highest BCUT2D eigenvalue weighted by Gasteiger charge is 2.59. The van der Waals surface area contributed by atoms with Gasteiger partial charge in [0.1, 0.15) is 0 Å². The average molecular weight is 280 g/mol. The Bertz CT molecular complexity index is 686. The van der Waals surface area contributed by atoms with Crippen LogP contribution in [0.1, 0.15) is 40.0 Å². The molecule has 3 atom stereocenters. The van der Waals surface area contributed by atoms with E-state index in [1.807, 2.05) is 12.3 Å². The maximum Gasteiger partial charge on any atom is 0.0703 e. The topological polar surface area (TPSA) is 24.9 Å². The quantitative estimate of drug-likeness (QED) is 0.849. The minimum atomic E-state index is 0.386. The van der Waals surface area contributed by atoms with Crippen LogP contribution in [-0.4, -0.2) is 11.0 Å². The zero-order chi connectivity index (χ0) is 14.7. The highest BCUT2D eigenvalue weighted by molar-refractivity contribution is 5.82. The molecule has 2 aliphatic rings. The minimum Gasteiger partial charge on any atom is -0.381 e. The summed E-state index contributed by atoms with van der Waals surface area (Å²) < 4.78 is 0. The first-order valence-electron chi connectivity index (χ1n) is 8.10. The van der Waals surface area contributed by atoms with Crippen molar-refractivity contribution in [3.8, 4) is 0 Å². The second-order valence-corrected chi connectivity index (χ2v) is 7.90. The smallest absolute Gasteiger partial charge is 0.0703 e. The van der Waals surface area contributed by atoms with E-state index in [9.17, 15) is 0 Å². The van der Waals surface area contributed by atoms with Gasteiger partial charge in [0, 0.05) is 23.3 Å². The number of nitrogens with one attached hydrogen (secondary N) is 1. The molecule has 0 amide bonds. The molecule has 1 unspecified atom stereocenters. The highest BCUT2D eigenvalue weighted by atomic mass is 15.0. The van der Waals surface area contributed by atoms with Crippen molar-refractivity contribution >= 4 is 16.6 Å². The molecular weight excluding hydrogens is 256 g/mol. The summed E-state index contributed by atoms with van der Waals surface area (Å²) in [6.45, 7) is 7.37. The standard InChI is InChI=1S/C19H24N2/c1-18(2)14-8-9-19(3,12-14)17(18)21-15-6-7-16-13(11-15)5-4-10-20-16/h4-7,10-11,14,17,21H,8-9,12H2,1-3H3/t14-,17?,19+/m0/s1. The Hall–Kier alpha value is -1.57. The molecular formula is C19H24N2. The van der Waals surface area contributed by atoms with E-state index in [-0.39, 0.29) is 0 Å². The molecule has 2 saturated carbocycles. The lowest BCUT2D eigenvalue weighted by Gasteiger charge is -2.43. The third-order valence-electron chi connectivity index (χ3n) is 6.18. The van der Waals surface area contributed by atoms with Crippen LogP contribution in [0.3, 0.4) is 0 Å². The molecule has 0 saturated heterocycles. The molecule has 0 aliphatic heterocycles. The fourth-order valence-electron chi connectivity index (χ4n) is 4.99. The number of anilines is 1. The molecule has 2 fully saturated rings. The first-order chi connectivity index (χ1) is 9.99. The van der Waals surface area contributed by atoms with E-state index < -0.39 is 0 Å². The van der Waals surface area contributed by atoms with Gasteiger partial charge in [-0.15, -0.1) is 0 Å². The second-order valence-electron chi connectivity index (χ2n) is 7.90. The minimum absolute atomic E-state index is 0.386. The van der Waals surface area contributed by atoms with Crippen LogP contribution in [0.2, 0.25) is 0 Å². The third-order valence-corrected chi connectivity index (χ3v) is 6.18. The Labute approximate surface area is 127 Å². The molecule has 1 N–H and O–H groups in total. The summed E-state index contributed by atoms with van der Waals surface area (Å²) in [5.74, 6) is 0.877. The van der Waals surface area contributed by atoms with Crippen LogP contribution >= 0.6 is 0 Å². The van der Waals surface area contributed by atoms with Crippen LogP contribution in [0.25, 0.3) is 10.9 Å². The van der Waals surface area contributed by atoms with Crippen molar-refractivity contribution in [2.75, 3.05) is 5.32 Å². The SMILES string of the molecule is CC1(C)C(Nc2ccc3ncccc3c2)[C@]2(C)CC[C@H]1C2. The van der Waals surface area contributed by atoms with Gasteiger partial charge in [0.2, 0.25) is 0 Å². The van der Waals surface area contributed by atoms with Crippen LogP contribution < -0.4 is 5.32 Å². The summed E-state index contributed by atoms with van der Waals surface area (Å²) in [7, 11) is 0. The molecule has 2 heteroatoms. The van der Waals surface area contributed by atoms with Crippen molar-refractivity contribution in [2.24, 2.45) is 16.7 Å². The van der Waals surface area contributed by atoms with E-state index >= 15 is 0 Å². The normalized spacial score (nSPS) is 33.5. The number of benzene rings is 1. The van der Waals surface area contributed by atoms with Crippen molar-refractivity contribution in [3.63, 3.8) is 0 Å². The lowest BCUT2D eigenvalue weighted by molar-refractivity contribution is 0.155. The summed E-state index contributed by atoms with van der Waals surface area (Å²) in [4.78, 5) is 4.41. The van der Waals surface area contributed by atoms with Gasteiger partial charge in [-0.1, -0.05) is 26.8 Å². The monoisotopic (exact) mass is 280 g/mol. The van der Waals surface area contributed by atoms with Crippen LogP contribution in [0, 0.1) is 16.7 Å². The number of pyridine rings is 1. The van der Waals surface area contributed by atoms with E-state index in [1.165, 1.54) is 30.3 Å². The van der Waals surface area contributed by atoms with Gasteiger partial charge in [0.05, 0.1) is 5.52 Å². The molecule has 2 bridgehead atoms. The van der Waals surface area contributed by atoms with Gasteiger partial charge in [-0.25, -0.2) is 0 Å². The van der Waals surface area contributed by atoms with E-state index in [0.29, 0.717) is 16.9 Å². The predicted octanol–water partition coefficient (Wildman–Crippen LogP) is 4.86. The number of fused-ring (bicyclic) bond motifs is 3. The van der Waals surface area contributed by atoms with Crippen molar-refractivity contribution in [2.45, 2.75) is 46.1 Å². The molecule has 110 valence electrons. The molecule has 2 aromatic rings. The molecule has 2 aliphatic carbocycles. The van der Waals surface area contributed by atoms with Gasteiger partial charge >= 0.3 is 0 Å². The predicted molar refractivity (Wildman–Crippen MR) is 88.4 cm³/mol. The lowest BCUT2D eigenvalue weighted by atomic mass is 9.68. The number of rotatable bonds is 2. The largest absolute Gasteiger partial charge is 0.381 e. The Morgan fingerprint density at radius 2 is 2.05 bits per heavy atom. The molecule has 1 aromatic carbocycles. The van der Waals surface area contributed by atoms with Crippen molar-refractivity contribution in [3.05, 3.63) is 36.5 Å². The van der Waals surface area contributed by atoms with Crippen molar-refractivity contribution < 1.29 is 0 Å². The fourth-order valence-corrected chi connectivity index (χ4v) is 4.99. The van der Waals surface area contributed by atoms with Crippen molar-refractivity contribution in [1.29, 1.82) is 0 Å². The fraction of sp³-hybridized carbons (Fsp3) is 0.526. The lowest BCUT2D eigenvalue weighted by Crippen LogP contribution is -2.45. The Kier molecular flexibility index (Phi) is 2.64. The summed E-state index contributed by atoms with van der Waals surface area (Å²) in [5.41, 5.74) is 3.15. The molecule has 1 heterocycles. The van der Waals surface area contributed by atoms with Gasteiger partial charge in [-0.05, 0) is 60.3 Å². The molecule has 4 rings (SSSR count). The molecule has 1 aromatic heterocycles. The molecule has 0 spiro atoms. The Balaban J connectivity index is 1.68. The molecule has 21 heavy (non-hydrogen) atoms. The van der Waals surface area contributed by atoms with Gasteiger partial charge in [0.15, 0.2) is 0 Å². The summed E-state index contributed by atoms with van der Waals surface area (Å²) >= 11 is 0. The molecule has 0 radical (unpaired) electrons. The summed E-state index contributed by atoms with van der Waals surface area (Å²) in [5, 5.41) is 5.08. The van der Waals surface area contributed by atoms with Gasteiger partial charge in [-0.3, -0.25) is 4.98 Å². The maximum atomic E-state index is 4.41. The number of nitrogens with zero attached hydrogens (tertiary/aromatic N) is 1. The number of hydrogen-bond donors (Lipinski definition) is 1. The van der Waals surface area contributed by atoms with Gasteiger partial charge in [0.25, 0.3) is 0 Å². The maximum absolute atomic E-state index is 4.41. The summed E-state index contributed by atoms with van der Waals surface area (Å²) in [6, 6.07) is 11.3. The number of aromatic nitrogens is 1.